The molecule has 3 nitrogen and oxygen atoms in total. The first kappa shape index (κ1) is 13.7. The molecule has 5 heteroatoms. The molecule has 0 saturated carbocycles. The molecule has 19 heavy (non-hydrogen) atoms. The maximum atomic E-state index is 11.8. The largest absolute Gasteiger partial charge is 0.457 e. The fourth-order valence-corrected chi connectivity index (χ4v) is 1.83. The molecule has 0 spiro atoms. The standard InChI is InChI=1S/C14H11Cl2NO2/c15-10-3-1-9(2-4-10)8-19-14(18)12-6-5-11(16)7-13(12)17/h1-7H,8,17H2. The van der Waals surface area contributed by atoms with Crippen LogP contribution in [0.15, 0.2) is 42.5 Å². The molecule has 0 aromatic heterocycles. The van der Waals surface area contributed by atoms with E-state index in [4.69, 9.17) is 33.7 Å². The maximum Gasteiger partial charge on any atom is 0.340 e. The van der Waals surface area contributed by atoms with Crippen LogP contribution in [0, 0.1) is 0 Å². The summed E-state index contributed by atoms with van der Waals surface area (Å²) in [6, 6.07) is 11.7. The van der Waals surface area contributed by atoms with Crippen molar-refractivity contribution in [1.29, 1.82) is 0 Å². The zero-order chi connectivity index (χ0) is 13.8. The Balaban J connectivity index is 2.03. The normalized spacial score (nSPS) is 10.2. The van der Waals surface area contributed by atoms with Crippen molar-refractivity contribution in [2.75, 3.05) is 5.73 Å². The van der Waals surface area contributed by atoms with E-state index in [1.807, 2.05) is 0 Å². The van der Waals surface area contributed by atoms with Crippen LogP contribution < -0.4 is 5.73 Å². The minimum absolute atomic E-state index is 0.165. The number of hydrogen-bond acceptors (Lipinski definition) is 3. The molecule has 0 aliphatic carbocycles. The number of nitrogen functional groups attached to an aromatic ring is 1. The molecular formula is C14H11Cl2NO2. The van der Waals surface area contributed by atoms with Gasteiger partial charge in [0.1, 0.15) is 6.61 Å². The van der Waals surface area contributed by atoms with Crippen LogP contribution in [0.3, 0.4) is 0 Å². The van der Waals surface area contributed by atoms with E-state index < -0.39 is 5.97 Å². The minimum Gasteiger partial charge on any atom is -0.457 e. The van der Waals surface area contributed by atoms with E-state index in [9.17, 15) is 4.79 Å². The molecule has 0 amide bonds. The van der Waals surface area contributed by atoms with Crippen LogP contribution in [0.2, 0.25) is 10.0 Å². The first-order valence-corrected chi connectivity index (χ1v) is 6.28. The Kier molecular flexibility index (Phi) is 4.30. The molecule has 2 N–H and O–H groups in total. The van der Waals surface area contributed by atoms with Gasteiger partial charge in [0.05, 0.1) is 5.56 Å². The van der Waals surface area contributed by atoms with Crippen LogP contribution in [-0.4, -0.2) is 5.97 Å². The quantitative estimate of drug-likeness (QED) is 0.689. The summed E-state index contributed by atoms with van der Waals surface area (Å²) in [5.74, 6) is -0.482. The van der Waals surface area contributed by atoms with Crippen molar-refractivity contribution in [3.8, 4) is 0 Å². The Labute approximate surface area is 120 Å². The van der Waals surface area contributed by atoms with Crippen molar-refractivity contribution in [1.82, 2.24) is 0 Å². The molecule has 2 rings (SSSR count). The topological polar surface area (TPSA) is 52.3 Å². The van der Waals surface area contributed by atoms with E-state index in [-0.39, 0.29) is 6.61 Å². The van der Waals surface area contributed by atoms with E-state index in [0.717, 1.165) is 5.56 Å². The van der Waals surface area contributed by atoms with Gasteiger partial charge in [0.15, 0.2) is 0 Å². The number of ether oxygens (including phenoxy) is 1. The highest BCUT2D eigenvalue weighted by molar-refractivity contribution is 6.31. The molecule has 2 aromatic carbocycles. The lowest BCUT2D eigenvalue weighted by molar-refractivity contribution is 0.0474. The Morgan fingerprint density at radius 3 is 2.32 bits per heavy atom. The monoisotopic (exact) mass is 295 g/mol. The van der Waals surface area contributed by atoms with Crippen molar-refractivity contribution < 1.29 is 9.53 Å². The summed E-state index contributed by atoms with van der Waals surface area (Å²) < 4.78 is 5.17. The average Bonchev–Trinajstić information content (AvgIpc) is 2.37. The van der Waals surface area contributed by atoms with Crippen molar-refractivity contribution >= 4 is 34.9 Å². The van der Waals surface area contributed by atoms with E-state index in [1.54, 1.807) is 36.4 Å². The molecule has 0 atom stereocenters. The lowest BCUT2D eigenvalue weighted by atomic mass is 10.2. The molecule has 0 saturated heterocycles. The fraction of sp³-hybridized carbons (Fsp3) is 0.0714. The number of benzene rings is 2. The number of anilines is 1. The van der Waals surface area contributed by atoms with Crippen LogP contribution in [0.25, 0.3) is 0 Å². The lowest BCUT2D eigenvalue weighted by Gasteiger charge is -2.07. The summed E-state index contributed by atoms with van der Waals surface area (Å²) in [7, 11) is 0. The highest BCUT2D eigenvalue weighted by Crippen LogP contribution is 2.19. The van der Waals surface area contributed by atoms with E-state index >= 15 is 0 Å². The third-order valence-corrected chi connectivity index (χ3v) is 3.00. The van der Waals surface area contributed by atoms with E-state index in [1.165, 1.54) is 6.07 Å². The molecule has 0 unspecified atom stereocenters. The molecule has 0 aliphatic heterocycles. The highest BCUT2D eigenvalue weighted by Gasteiger charge is 2.11. The second-order valence-corrected chi connectivity index (χ2v) is 4.81. The Bertz CT molecular complexity index is 597. The summed E-state index contributed by atoms with van der Waals surface area (Å²) in [4.78, 5) is 11.8. The summed E-state index contributed by atoms with van der Waals surface area (Å²) in [6.45, 7) is 0.165. The zero-order valence-electron chi connectivity index (χ0n) is 9.90. The SMILES string of the molecule is Nc1cc(Cl)ccc1C(=O)OCc1ccc(Cl)cc1. The van der Waals surface area contributed by atoms with Gasteiger partial charge in [-0.3, -0.25) is 0 Å². The summed E-state index contributed by atoms with van der Waals surface area (Å²) in [5, 5.41) is 1.11. The first-order valence-electron chi connectivity index (χ1n) is 5.53. The van der Waals surface area contributed by atoms with Gasteiger partial charge in [-0.25, -0.2) is 4.79 Å². The number of rotatable bonds is 3. The van der Waals surface area contributed by atoms with Gasteiger partial charge in [0, 0.05) is 15.7 Å². The van der Waals surface area contributed by atoms with Crippen molar-refractivity contribution in [3.63, 3.8) is 0 Å². The highest BCUT2D eigenvalue weighted by atomic mass is 35.5. The summed E-state index contributed by atoms with van der Waals surface area (Å²) in [6.07, 6.45) is 0. The molecule has 0 aliphatic rings. The van der Waals surface area contributed by atoms with E-state index in [0.29, 0.717) is 21.3 Å². The van der Waals surface area contributed by atoms with Gasteiger partial charge in [-0.05, 0) is 35.9 Å². The molecule has 98 valence electrons. The number of carbonyl (C=O) groups excluding carboxylic acids is 1. The Morgan fingerprint density at radius 1 is 1.05 bits per heavy atom. The van der Waals surface area contributed by atoms with Crippen molar-refractivity contribution in [3.05, 3.63) is 63.6 Å². The van der Waals surface area contributed by atoms with Crippen LogP contribution in [0.5, 0.6) is 0 Å². The van der Waals surface area contributed by atoms with Crippen LogP contribution in [0.1, 0.15) is 15.9 Å². The number of esters is 1. The fourth-order valence-electron chi connectivity index (χ4n) is 1.53. The van der Waals surface area contributed by atoms with E-state index in [2.05, 4.69) is 0 Å². The average molecular weight is 296 g/mol. The number of halogens is 2. The van der Waals surface area contributed by atoms with Crippen LogP contribution in [-0.2, 0) is 11.3 Å². The van der Waals surface area contributed by atoms with Gasteiger partial charge in [0.25, 0.3) is 0 Å². The second-order valence-electron chi connectivity index (χ2n) is 3.93. The zero-order valence-corrected chi connectivity index (χ0v) is 11.4. The maximum absolute atomic E-state index is 11.8. The first-order chi connectivity index (χ1) is 9.06. The smallest absolute Gasteiger partial charge is 0.340 e. The predicted molar refractivity (Wildman–Crippen MR) is 76.4 cm³/mol. The van der Waals surface area contributed by atoms with Gasteiger partial charge in [0.2, 0.25) is 0 Å². The molecule has 2 aromatic rings. The molecule has 0 radical (unpaired) electrons. The molecule has 0 fully saturated rings. The molecule has 0 bridgehead atoms. The van der Waals surface area contributed by atoms with Gasteiger partial charge < -0.3 is 10.5 Å². The molecule has 0 heterocycles. The predicted octanol–water partition coefficient (Wildman–Crippen LogP) is 3.93. The molecular weight excluding hydrogens is 285 g/mol. The van der Waals surface area contributed by atoms with Crippen LogP contribution in [0.4, 0.5) is 5.69 Å². The number of hydrogen-bond donors (Lipinski definition) is 1. The van der Waals surface area contributed by atoms with Crippen molar-refractivity contribution in [2.24, 2.45) is 0 Å². The van der Waals surface area contributed by atoms with Crippen molar-refractivity contribution in [2.45, 2.75) is 6.61 Å². The Hall–Kier alpha value is -1.71. The van der Waals surface area contributed by atoms with Gasteiger partial charge in [-0.2, -0.15) is 0 Å². The summed E-state index contributed by atoms with van der Waals surface area (Å²) >= 11 is 11.5. The van der Waals surface area contributed by atoms with Gasteiger partial charge in [-0.1, -0.05) is 35.3 Å². The third kappa shape index (κ3) is 3.63. The minimum atomic E-state index is -0.482. The lowest BCUT2D eigenvalue weighted by Crippen LogP contribution is -2.08. The number of nitrogens with two attached hydrogens (primary N) is 1. The number of carbonyl (C=O) groups is 1. The Morgan fingerprint density at radius 2 is 1.68 bits per heavy atom. The third-order valence-electron chi connectivity index (χ3n) is 2.52. The second kappa shape index (κ2) is 5.95. The van der Waals surface area contributed by atoms with Gasteiger partial charge in [-0.15, -0.1) is 0 Å². The van der Waals surface area contributed by atoms with Crippen LogP contribution >= 0.6 is 23.2 Å². The van der Waals surface area contributed by atoms with Gasteiger partial charge >= 0.3 is 5.97 Å². The summed E-state index contributed by atoms with van der Waals surface area (Å²) in [5.41, 5.74) is 7.16.